The van der Waals surface area contributed by atoms with Crippen molar-refractivity contribution in [1.82, 2.24) is 15.5 Å². The summed E-state index contributed by atoms with van der Waals surface area (Å²) in [5.74, 6) is 0. The molecule has 0 aliphatic carbocycles. The molecule has 0 unspecified atom stereocenters. The fourth-order valence-corrected chi connectivity index (χ4v) is 2.34. The van der Waals surface area contributed by atoms with Crippen molar-refractivity contribution in [3.05, 3.63) is 0 Å². The molecule has 0 aromatic rings. The Hall–Kier alpha value is -0.480. The minimum absolute atomic E-state index is 0. The lowest BCUT2D eigenvalue weighted by Gasteiger charge is -2.30. The van der Waals surface area contributed by atoms with E-state index in [9.17, 15) is 4.79 Å². The van der Waals surface area contributed by atoms with Crippen LogP contribution in [0, 0.1) is 0 Å². The van der Waals surface area contributed by atoms with Crippen molar-refractivity contribution in [2.75, 3.05) is 26.2 Å². The van der Waals surface area contributed by atoms with Crippen LogP contribution in [0.5, 0.6) is 0 Å². The van der Waals surface area contributed by atoms with Crippen LogP contribution in [-0.2, 0) is 0 Å². The Balaban J connectivity index is 0.00000128. The minimum atomic E-state index is 0. The first-order valence-electron chi connectivity index (χ1n) is 6.12. The zero-order chi connectivity index (χ0) is 10.5. The van der Waals surface area contributed by atoms with E-state index in [1.807, 2.05) is 4.90 Å². The fraction of sp³-hybridized carbons (Fsp3) is 0.909. The second-order valence-electron chi connectivity index (χ2n) is 4.54. The van der Waals surface area contributed by atoms with E-state index >= 15 is 0 Å². The number of rotatable bonds is 1. The molecule has 2 saturated heterocycles. The zero-order valence-corrected chi connectivity index (χ0v) is 10.5. The summed E-state index contributed by atoms with van der Waals surface area (Å²) in [6, 6.07) is 0.483. The first kappa shape index (κ1) is 13.6. The molecule has 2 amide bonds. The summed E-state index contributed by atoms with van der Waals surface area (Å²) in [6.45, 7) is 3.90. The van der Waals surface area contributed by atoms with Gasteiger partial charge in [0.2, 0.25) is 0 Å². The van der Waals surface area contributed by atoms with Gasteiger partial charge in [-0.15, -0.1) is 12.4 Å². The summed E-state index contributed by atoms with van der Waals surface area (Å²) < 4.78 is 0. The van der Waals surface area contributed by atoms with Gasteiger partial charge in [0.25, 0.3) is 0 Å². The smallest absolute Gasteiger partial charge is 0.317 e. The van der Waals surface area contributed by atoms with Crippen LogP contribution in [0.15, 0.2) is 0 Å². The summed E-state index contributed by atoms with van der Waals surface area (Å²) >= 11 is 0. The molecule has 2 heterocycles. The molecule has 0 saturated carbocycles. The molecule has 2 N–H and O–H groups in total. The Kier molecular flexibility index (Phi) is 5.91. The minimum Gasteiger partial charge on any atom is -0.334 e. The largest absolute Gasteiger partial charge is 0.334 e. The second-order valence-corrected chi connectivity index (χ2v) is 4.54. The maximum atomic E-state index is 11.9. The monoisotopic (exact) mass is 247 g/mol. The number of halogens is 1. The third-order valence-electron chi connectivity index (χ3n) is 3.27. The Morgan fingerprint density at radius 2 is 1.94 bits per heavy atom. The predicted molar refractivity (Wildman–Crippen MR) is 67.1 cm³/mol. The molecule has 0 aromatic heterocycles. The number of hydrogen-bond donors (Lipinski definition) is 2. The number of piperidine rings is 2. The molecule has 0 spiro atoms. The number of hydrogen-bond acceptors (Lipinski definition) is 2. The van der Waals surface area contributed by atoms with Gasteiger partial charge in [0.05, 0.1) is 0 Å². The molecule has 0 aromatic carbocycles. The fourth-order valence-electron chi connectivity index (χ4n) is 2.34. The summed E-state index contributed by atoms with van der Waals surface area (Å²) in [5.41, 5.74) is 0. The standard InChI is InChI=1S/C11H21N3O.ClH/c15-11(14-7-2-1-3-8-14)13-10-5-4-6-12-9-10;/h10,12H,1-9H2,(H,13,15);1H/t10-;/m0./s1. The predicted octanol–water partition coefficient (Wildman–Crippen LogP) is 1.36. The van der Waals surface area contributed by atoms with Crippen LogP contribution in [0.1, 0.15) is 32.1 Å². The van der Waals surface area contributed by atoms with Gasteiger partial charge in [-0.25, -0.2) is 4.79 Å². The SMILES string of the molecule is Cl.O=C(N[C@H]1CCCNC1)N1CCCCC1. The van der Waals surface area contributed by atoms with Crippen LogP contribution < -0.4 is 10.6 Å². The van der Waals surface area contributed by atoms with Crippen molar-refractivity contribution < 1.29 is 4.79 Å². The number of carbonyl (C=O) groups is 1. The number of urea groups is 1. The lowest BCUT2D eigenvalue weighted by atomic mass is 10.1. The summed E-state index contributed by atoms with van der Waals surface area (Å²) in [6.07, 6.45) is 5.89. The normalized spacial score (nSPS) is 25.8. The summed E-state index contributed by atoms with van der Waals surface area (Å²) in [7, 11) is 0. The molecule has 2 rings (SSSR count). The van der Waals surface area contributed by atoms with Gasteiger partial charge in [0, 0.05) is 25.7 Å². The average molecular weight is 248 g/mol. The van der Waals surface area contributed by atoms with E-state index in [4.69, 9.17) is 0 Å². The number of amides is 2. The maximum absolute atomic E-state index is 11.9. The van der Waals surface area contributed by atoms with Gasteiger partial charge in [-0.1, -0.05) is 0 Å². The van der Waals surface area contributed by atoms with Gasteiger partial charge in [-0.2, -0.15) is 0 Å². The van der Waals surface area contributed by atoms with Crippen molar-refractivity contribution in [1.29, 1.82) is 0 Å². The molecule has 94 valence electrons. The van der Waals surface area contributed by atoms with Crippen molar-refractivity contribution in [2.24, 2.45) is 0 Å². The van der Waals surface area contributed by atoms with E-state index in [1.165, 1.54) is 12.8 Å². The van der Waals surface area contributed by atoms with Crippen LogP contribution in [0.2, 0.25) is 0 Å². The molecule has 2 aliphatic heterocycles. The van der Waals surface area contributed by atoms with E-state index in [1.54, 1.807) is 0 Å². The van der Waals surface area contributed by atoms with Crippen LogP contribution >= 0.6 is 12.4 Å². The molecule has 5 heteroatoms. The van der Waals surface area contributed by atoms with E-state index in [0.717, 1.165) is 45.4 Å². The van der Waals surface area contributed by atoms with Gasteiger partial charge in [-0.05, 0) is 38.6 Å². The molecular weight excluding hydrogens is 226 g/mol. The van der Waals surface area contributed by atoms with E-state index in [2.05, 4.69) is 10.6 Å². The highest BCUT2D eigenvalue weighted by atomic mass is 35.5. The van der Waals surface area contributed by atoms with Gasteiger partial charge in [0.1, 0.15) is 0 Å². The zero-order valence-electron chi connectivity index (χ0n) is 9.71. The molecule has 0 radical (unpaired) electrons. The van der Waals surface area contributed by atoms with Crippen molar-refractivity contribution in [2.45, 2.75) is 38.1 Å². The number of nitrogens with one attached hydrogen (secondary N) is 2. The maximum Gasteiger partial charge on any atom is 0.317 e. The second kappa shape index (κ2) is 6.97. The van der Waals surface area contributed by atoms with Crippen molar-refractivity contribution in [3.8, 4) is 0 Å². The molecule has 2 aliphatic rings. The van der Waals surface area contributed by atoms with E-state index in [-0.39, 0.29) is 18.4 Å². The first-order valence-corrected chi connectivity index (χ1v) is 6.12. The Labute approximate surface area is 104 Å². The van der Waals surface area contributed by atoms with E-state index < -0.39 is 0 Å². The summed E-state index contributed by atoms with van der Waals surface area (Å²) in [5, 5.41) is 6.42. The quantitative estimate of drug-likeness (QED) is 0.735. The molecular formula is C11H22ClN3O. The third-order valence-corrected chi connectivity index (χ3v) is 3.27. The Morgan fingerprint density at radius 1 is 1.19 bits per heavy atom. The summed E-state index contributed by atoms with van der Waals surface area (Å²) in [4.78, 5) is 13.8. The number of likely N-dealkylation sites (tertiary alicyclic amines) is 1. The number of carbonyl (C=O) groups excluding carboxylic acids is 1. The third kappa shape index (κ3) is 3.83. The highest BCUT2D eigenvalue weighted by Gasteiger charge is 2.20. The van der Waals surface area contributed by atoms with Gasteiger partial charge in [-0.3, -0.25) is 0 Å². The Morgan fingerprint density at radius 3 is 2.56 bits per heavy atom. The van der Waals surface area contributed by atoms with Crippen LogP contribution in [0.25, 0.3) is 0 Å². The van der Waals surface area contributed by atoms with Gasteiger partial charge < -0.3 is 15.5 Å². The molecule has 0 bridgehead atoms. The molecule has 16 heavy (non-hydrogen) atoms. The molecule has 2 fully saturated rings. The molecule has 1 atom stereocenters. The van der Waals surface area contributed by atoms with Gasteiger partial charge in [0.15, 0.2) is 0 Å². The van der Waals surface area contributed by atoms with Crippen molar-refractivity contribution in [3.63, 3.8) is 0 Å². The molecule has 4 nitrogen and oxygen atoms in total. The average Bonchev–Trinajstić information content (AvgIpc) is 2.31. The van der Waals surface area contributed by atoms with Crippen LogP contribution in [0.4, 0.5) is 4.79 Å². The lowest BCUT2D eigenvalue weighted by molar-refractivity contribution is 0.180. The van der Waals surface area contributed by atoms with Crippen molar-refractivity contribution >= 4 is 18.4 Å². The highest BCUT2D eigenvalue weighted by molar-refractivity contribution is 5.85. The van der Waals surface area contributed by atoms with Gasteiger partial charge >= 0.3 is 6.03 Å². The first-order chi connectivity index (χ1) is 7.36. The van der Waals surface area contributed by atoms with E-state index in [0.29, 0.717) is 6.04 Å². The Bertz CT molecular complexity index is 213. The topological polar surface area (TPSA) is 44.4 Å². The lowest BCUT2D eigenvalue weighted by Crippen LogP contribution is -2.51. The number of nitrogens with zero attached hydrogens (tertiary/aromatic N) is 1. The van der Waals surface area contributed by atoms with Crippen LogP contribution in [0.3, 0.4) is 0 Å². The highest BCUT2D eigenvalue weighted by Crippen LogP contribution is 2.09. The van der Waals surface area contributed by atoms with Crippen LogP contribution in [-0.4, -0.2) is 43.2 Å².